The van der Waals surface area contributed by atoms with Crippen molar-refractivity contribution in [2.75, 3.05) is 13.7 Å². The van der Waals surface area contributed by atoms with Gasteiger partial charge in [0, 0.05) is 6.07 Å². The van der Waals surface area contributed by atoms with Crippen LogP contribution < -0.4 is 5.56 Å². The second-order valence-corrected chi connectivity index (χ2v) is 6.13. The first-order valence-electron chi connectivity index (χ1n) is 8.05. The van der Waals surface area contributed by atoms with E-state index in [2.05, 4.69) is 14.7 Å². The van der Waals surface area contributed by atoms with Crippen LogP contribution >= 0.6 is 0 Å². The number of carbonyl (C=O) groups excluding carboxylic acids is 1. The van der Waals surface area contributed by atoms with Gasteiger partial charge in [0.25, 0.3) is 5.56 Å². The Labute approximate surface area is 151 Å². The molecule has 142 valence electrons. The predicted molar refractivity (Wildman–Crippen MR) is 89.1 cm³/mol. The second kappa shape index (κ2) is 6.39. The highest BCUT2D eigenvalue weighted by Gasteiger charge is 2.44. The number of aliphatic hydroxyl groups is 3. The first-order chi connectivity index (χ1) is 13.0. The second-order valence-electron chi connectivity index (χ2n) is 6.13. The summed E-state index contributed by atoms with van der Waals surface area (Å²) in [6.07, 6.45) is -1.94. The Hall–Kier alpha value is -2.86. The Bertz CT molecular complexity index is 1090. The number of carbonyl (C=O) groups is 1. The van der Waals surface area contributed by atoms with E-state index in [0.717, 1.165) is 6.07 Å². The van der Waals surface area contributed by atoms with Gasteiger partial charge in [0.1, 0.15) is 30.2 Å². The molecular weight excluding hydrogens is 360 g/mol. The Balaban J connectivity index is 1.89. The van der Waals surface area contributed by atoms with Gasteiger partial charge in [-0.25, -0.2) is 14.8 Å². The Kier molecular flexibility index (Phi) is 4.15. The minimum absolute atomic E-state index is 0.0671. The van der Waals surface area contributed by atoms with Crippen LogP contribution in [0.5, 0.6) is 0 Å². The van der Waals surface area contributed by atoms with Gasteiger partial charge in [0.2, 0.25) is 0 Å². The average Bonchev–Trinajstić information content (AvgIpc) is 3.22. The van der Waals surface area contributed by atoms with Crippen LogP contribution in [0.15, 0.2) is 29.6 Å². The Morgan fingerprint density at radius 2 is 2.04 bits per heavy atom. The number of fused-ring (bicyclic) bond motifs is 3. The molecule has 4 atom stereocenters. The van der Waals surface area contributed by atoms with Crippen molar-refractivity contribution in [2.45, 2.75) is 24.5 Å². The first-order valence-corrected chi connectivity index (χ1v) is 8.05. The molecule has 3 aromatic heterocycles. The van der Waals surface area contributed by atoms with Crippen LogP contribution in [0.3, 0.4) is 0 Å². The van der Waals surface area contributed by atoms with E-state index in [1.54, 1.807) is 0 Å². The van der Waals surface area contributed by atoms with E-state index in [4.69, 9.17) is 4.74 Å². The SMILES string of the molecule is COC(=O)c1cc(=O)n2cnc3c(ncn3C3OC(CO)C(O)C3O)c2c1. The minimum Gasteiger partial charge on any atom is -0.465 e. The zero-order chi connectivity index (χ0) is 19.3. The van der Waals surface area contributed by atoms with Crippen LogP contribution in [0.4, 0.5) is 0 Å². The number of hydrogen-bond acceptors (Lipinski definition) is 9. The van der Waals surface area contributed by atoms with Gasteiger partial charge in [-0.15, -0.1) is 0 Å². The van der Waals surface area contributed by atoms with Crippen molar-refractivity contribution >= 4 is 22.6 Å². The monoisotopic (exact) mass is 376 g/mol. The fraction of sp³-hybridized carbons (Fsp3) is 0.375. The van der Waals surface area contributed by atoms with Gasteiger partial charge < -0.3 is 24.8 Å². The maximum absolute atomic E-state index is 12.3. The molecule has 1 aliphatic heterocycles. The normalized spacial score (nSPS) is 25.3. The third-order valence-corrected chi connectivity index (χ3v) is 4.59. The van der Waals surface area contributed by atoms with Crippen molar-refractivity contribution in [3.8, 4) is 0 Å². The summed E-state index contributed by atoms with van der Waals surface area (Å²) < 4.78 is 12.8. The van der Waals surface area contributed by atoms with Crippen LogP contribution in [0, 0.1) is 0 Å². The van der Waals surface area contributed by atoms with Gasteiger partial charge in [-0.05, 0) is 6.07 Å². The summed E-state index contributed by atoms with van der Waals surface area (Å²) >= 11 is 0. The highest BCUT2D eigenvalue weighted by molar-refractivity contribution is 5.95. The molecule has 0 aliphatic carbocycles. The van der Waals surface area contributed by atoms with Crippen LogP contribution in [0.2, 0.25) is 0 Å². The van der Waals surface area contributed by atoms with E-state index < -0.39 is 42.7 Å². The molecule has 1 saturated heterocycles. The molecule has 0 bridgehead atoms. The summed E-state index contributed by atoms with van der Waals surface area (Å²) in [4.78, 5) is 32.5. The lowest BCUT2D eigenvalue weighted by atomic mass is 10.1. The molecule has 11 nitrogen and oxygen atoms in total. The molecule has 1 aliphatic rings. The largest absolute Gasteiger partial charge is 0.465 e. The van der Waals surface area contributed by atoms with Gasteiger partial charge in [0.15, 0.2) is 11.9 Å². The maximum Gasteiger partial charge on any atom is 0.338 e. The quantitative estimate of drug-likeness (QED) is 0.462. The number of esters is 1. The van der Waals surface area contributed by atoms with E-state index in [-0.39, 0.29) is 16.7 Å². The summed E-state index contributed by atoms with van der Waals surface area (Å²) in [6.45, 7) is -0.463. The smallest absolute Gasteiger partial charge is 0.338 e. The third kappa shape index (κ3) is 2.59. The topological polar surface area (TPSA) is 148 Å². The molecule has 1 fully saturated rings. The molecule has 0 saturated carbocycles. The van der Waals surface area contributed by atoms with Crippen molar-refractivity contribution in [2.24, 2.45) is 0 Å². The van der Waals surface area contributed by atoms with Gasteiger partial charge in [-0.3, -0.25) is 13.8 Å². The van der Waals surface area contributed by atoms with Crippen LogP contribution in [0.25, 0.3) is 16.7 Å². The van der Waals surface area contributed by atoms with E-state index >= 15 is 0 Å². The van der Waals surface area contributed by atoms with Crippen molar-refractivity contribution in [3.63, 3.8) is 0 Å². The molecule has 0 spiro atoms. The zero-order valence-electron chi connectivity index (χ0n) is 14.1. The predicted octanol–water partition coefficient (Wildman–Crippen LogP) is -1.56. The molecule has 4 rings (SSSR count). The number of nitrogens with zero attached hydrogens (tertiary/aromatic N) is 4. The summed E-state index contributed by atoms with van der Waals surface area (Å²) in [5.41, 5.74) is 0.463. The highest BCUT2D eigenvalue weighted by atomic mass is 16.6. The van der Waals surface area contributed by atoms with Gasteiger partial charge >= 0.3 is 5.97 Å². The number of aromatic nitrogens is 4. The van der Waals surface area contributed by atoms with Gasteiger partial charge in [-0.1, -0.05) is 0 Å². The molecule has 4 unspecified atom stereocenters. The lowest BCUT2D eigenvalue weighted by Gasteiger charge is -2.16. The highest BCUT2D eigenvalue weighted by Crippen LogP contribution is 2.31. The molecule has 27 heavy (non-hydrogen) atoms. The van der Waals surface area contributed by atoms with Crippen LogP contribution in [0.1, 0.15) is 16.6 Å². The molecular formula is C16H16N4O7. The molecule has 3 aromatic rings. The van der Waals surface area contributed by atoms with E-state index in [9.17, 15) is 24.9 Å². The van der Waals surface area contributed by atoms with E-state index in [1.165, 1.54) is 34.8 Å². The fourth-order valence-corrected chi connectivity index (χ4v) is 3.19. The number of hydrogen-bond donors (Lipinski definition) is 3. The van der Waals surface area contributed by atoms with Crippen molar-refractivity contribution < 1.29 is 29.6 Å². The summed E-state index contributed by atoms with van der Waals surface area (Å²) in [6, 6.07) is 2.58. The first kappa shape index (κ1) is 17.5. The average molecular weight is 376 g/mol. The fourth-order valence-electron chi connectivity index (χ4n) is 3.19. The summed E-state index contributed by atoms with van der Waals surface area (Å²) in [5, 5.41) is 29.4. The number of ether oxygens (including phenoxy) is 2. The van der Waals surface area contributed by atoms with E-state index in [0.29, 0.717) is 5.52 Å². The number of rotatable bonds is 3. The molecule has 0 amide bonds. The lowest BCUT2D eigenvalue weighted by Crippen LogP contribution is -2.33. The molecule has 3 N–H and O–H groups in total. The summed E-state index contributed by atoms with van der Waals surface area (Å²) in [7, 11) is 1.21. The standard InChI is InChI=1S/C16H16N4O7/c1-26-16(25)7-2-8-11-14(18-6-19(8)10(22)3-7)20(5-17-11)15-13(24)12(23)9(4-21)27-15/h2-3,5-6,9,12-13,15,21,23-24H,4H2,1H3. The Morgan fingerprint density at radius 1 is 1.26 bits per heavy atom. The van der Waals surface area contributed by atoms with Crippen molar-refractivity contribution in [1.29, 1.82) is 0 Å². The molecule has 4 heterocycles. The number of imidazole rings is 1. The maximum atomic E-state index is 12.3. The van der Waals surface area contributed by atoms with Gasteiger partial charge in [-0.2, -0.15) is 0 Å². The van der Waals surface area contributed by atoms with Crippen LogP contribution in [-0.4, -0.2) is 72.3 Å². The lowest BCUT2D eigenvalue weighted by molar-refractivity contribution is -0.0511. The van der Waals surface area contributed by atoms with Crippen LogP contribution in [-0.2, 0) is 9.47 Å². The Morgan fingerprint density at radius 3 is 2.70 bits per heavy atom. The van der Waals surface area contributed by atoms with Crippen molar-refractivity contribution in [1.82, 2.24) is 18.9 Å². The van der Waals surface area contributed by atoms with Gasteiger partial charge in [0.05, 0.1) is 31.1 Å². The van der Waals surface area contributed by atoms with E-state index in [1.807, 2.05) is 0 Å². The minimum atomic E-state index is -1.30. The van der Waals surface area contributed by atoms with Crippen molar-refractivity contribution in [3.05, 3.63) is 40.7 Å². The molecule has 0 aromatic carbocycles. The number of methoxy groups -OCH3 is 1. The number of aliphatic hydroxyl groups excluding tert-OH is 3. The molecule has 11 heteroatoms. The zero-order valence-corrected chi connectivity index (χ0v) is 14.1. The molecule has 0 radical (unpaired) electrons. The summed E-state index contributed by atoms with van der Waals surface area (Å²) in [5.74, 6) is -0.664. The number of pyridine rings is 1. The third-order valence-electron chi connectivity index (χ3n) is 4.59.